The molecule has 0 amide bonds. The Morgan fingerprint density at radius 2 is 2.17 bits per heavy atom. The number of aromatic amines is 1. The van der Waals surface area contributed by atoms with Gasteiger partial charge in [-0.15, -0.1) is 0 Å². The van der Waals surface area contributed by atoms with Crippen LogP contribution in [0, 0.1) is 10.1 Å². The summed E-state index contributed by atoms with van der Waals surface area (Å²) in [6.45, 7) is 1.35. The summed E-state index contributed by atoms with van der Waals surface area (Å²) >= 11 is 0. The fourth-order valence-electron chi connectivity index (χ4n) is 2.70. The van der Waals surface area contributed by atoms with Gasteiger partial charge in [0.25, 0.3) is 5.69 Å². The summed E-state index contributed by atoms with van der Waals surface area (Å²) in [5, 5.41) is 20.1. The fourth-order valence-corrected chi connectivity index (χ4v) is 3.35. The van der Waals surface area contributed by atoms with Crippen molar-refractivity contribution in [3.8, 4) is 0 Å². The number of nitrogens with zero attached hydrogens (tertiary/aromatic N) is 4. The number of anilines is 1. The Labute approximate surface area is 138 Å². The van der Waals surface area contributed by atoms with Crippen molar-refractivity contribution in [3.05, 3.63) is 28.3 Å². The molecule has 1 aliphatic rings. The summed E-state index contributed by atoms with van der Waals surface area (Å²) in [5.41, 5.74) is 0.512. The van der Waals surface area contributed by atoms with Gasteiger partial charge in [-0.1, -0.05) is 6.07 Å². The van der Waals surface area contributed by atoms with E-state index in [1.165, 1.54) is 17.0 Å². The molecule has 0 unspecified atom stereocenters. The second-order valence-corrected chi connectivity index (χ2v) is 6.21. The van der Waals surface area contributed by atoms with Gasteiger partial charge in [0.05, 0.1) is 23.6 Å². The van der Waals surface area contributed by atoms with Gasteiger partial charge in [0, 0.05) is 25.7 Å². The summed E-state index contributed by atoms with van der Waals surface area (Å²) < 4.78 is 23.1. The van der Waals surface area contributed by atoms with Crippen LogP contribution in [-0.2, 0) is 10.3 Å². The lowest BCUT2D eigenvalue weighted by molar-refractivity contribution is -0.383. The number of non-ortho nitro benzene ring substituents is 1. The third-order valence-corrected chi connectivity index (χ3v) is 4.57. The number of benzene rings is 1. The number of para-hydroxylation sites is 1. The topological polar surface area (TPSA) is 133 Å². The van der Waals surface area contributed by atoms with Crippen LogP contribution in [0.2, 0.25) is 0 Å². The van der Waals surface area contributed by atoms with Gasteiger partial charge in [-0.05, 0) is 6.07 Å². The maximum Gasteiger partial charge on any atom is 0.297 e. The molecule has 128 valence electrons. The smallest absolute Gasteiger partial charge is 0.297 e. The number of β-amino-alcohol motifs (C(OH)–C–C–N with tert-alkyl or cyclic N) is 1. The van der Waals surface area contributed by atoms with Crippen molar-refractivity contribution >= 4 is 38.0 Å². The summed E-state index contributed by atoms with van der Waals surface area (Å²) in [4.78, 5) is 21.2. The summed E-state index contributed by atoms with van der Waals surface area (Å²) in [5.74, 6) is 0.252. The van der Waals surface area contributed by atoms with E-state index >= 15 is 0 Å². The third-order valence-electron chi connectivity index (χ3n) is 3.84. The number of hydrogen-bond donors (Lipinski definition) is 2. The highest BCUT2D eigenvalue weighted by Crippen LogP contribution is 2.26. The van der Waals surface area contributed by atoms with E-state index in [0.29, 0.717) is 25.2 Å². The Hall–Kier alpha value is -2.50. The summed E-state index contributed by atoms with van der Waals surface area (Å²) in [6, 6.07) is 4.54. The number of aromatic nitrogens is 2. The predicted octanol–water partition coefficient (Wildman–Crippen LogP) is -0.406. The Bertz CT molecular complexity index is 914. The van der Waals surface area contributed by atoms with Gasteiger partial charge in [-0.3, -0.25) is 15.0 Å². The van der Waals surface area contributed by atoms with Crippen molar-refractivity contribution in [3.63, 3.8) is 0 Å². The molecule has 3 rings (SSSR count). The van der Waals surface area contributed by atoms with E-state index in [1.54, 1.807) is 6.07 Å². The number of hydrogen-bond acceptors (Lipinski definition) is 7. The van der Waals surface area contributed by atoms with E-state index in [-0.39, 0.29) is 35.3 Å². The quantitative estimate of drug-likeness (QED) is 0.431. The van der Waals surface area contributed by atoms with Crippen LogP contribution in [-0.4, -0.2) is 71.1 Å². The van der Waals surface area contributed by atoms with E-state index in [1.807, 2.05) is 4.90 Å². The number of nitrogens with one attached hydrogen (secondary N) is 1. The third kappa shape index (κ3) is 2.96. The highest BCUT2D eigenvalue weighted by atomic mass is 32.2. The molecule has 2 aromatic rings. The van der Waals surface area contributed by atoms with Crippen molar-refractivity contribution in [2.75, 3.05) is 37.7 Å². The molecule has 1 saturated heterocycles. The minimum absolute atomic E-state index is 0.0599. The van der Waals surface area contributed by atoms with E-state index < -0.39 is 15.2 Å². The number of fused-ring (bicyclic) bond motifs is 1. The second-order valence-electron chi connectivity index (χ2n) is 5.27. The first-order valence-corrected chi connectivity index (χ1v) is 8.27. The molecule has 1 aromatic carbocycles. The van der Waals surface area contributed by atoms with Gasteiger partial charge in [0.1, 0.15) is 0 Å². The van der Waals surface area contributed by atoms with Crippen molar-refractivity contribution in [2.24, 2.45) is 0 Å². The van der Waals surface area contributed by atoms with Crippen LogP contribution in [0.3, 0.4) is 0 Å². The number of nitro groups is 1. The van der Waals surface area contributed by atoms with Gasteiger partial charge in [0.2, 0.25) is 16.2 Å². The maximum atomic E-state index is 11.6. The summed E-state index contributed by atoms with van der Waals surface area (Å²) in [7, 11) is -2.47. The van der Waals surface area contributed by atoms with E-state index in [0.717, 1.165) is 0 Å². The highest BCUT2D eigenvalue weighted by molar-refractivity contribution is 7.73. The summed E-state index contributed by atoms with van der Waals surface area (Å²) in [6.07, 6.45) is 0. The molecule has 1 fully saturated rings. The Morgan fingerprint density at radius 3 is 2.83 bits per heavy atom. The molecular weight excluding hydrogens is 338 g/mol. The molecular formula is C13H15N5O5S. The highest BCUT2D eigenvalue weighted by Gasteiger charge is 2.27. The van der Waals surface area contributed by atoms with Crippen LogP contribution in [0.4, 0.5) is 11.6 Å². The van der Waals surface area contributed by atoms with Crippen LogP contribution < -0.4 is 4.90 Å². The number of piperazine rings is 1. The van der Waals surface area contributed by atoms with Gasteiger partial charge in [-0.2, -0.15) is 8.42 Å². The van der Waals surface area contributed by atoms with Crippen LogP contribution in [0.15, 0.2) is 18.2 Å². The maximum absolute atomic E-state index is 11.6. The lowest BCUT2D eigenvalue weighted by Gasteiger charge is -2.33. The number of imidazole rings is 1. The van der Waals surface area contributed by atoms with Crippen molar-refractivity contribution < 1.29 is 18.4 Å². The molecule has 1 aliphatic heterocycles. The minimum atomic E-state index is -2.47. The van der Waals surface area contributed by atoms with Crippen molar-refractivity contribution in [1.82, 2.24) is 14.9 Å². The first-order chi connectivity index (χ1) is 11.5. The molecule has 11 heteroatoms. The standard InChI is InChI=1S/C13H15N5O5S/c19-7-6-16-4-5-17(11(8-16)24(22)23)13-14-9-2-1-3-10(18(20)21)12(9)15-13/h1-3,19H,4-8H2,(H,14,15). The Kier molecular flexibility index (Phi) is 4.46. The van der Waals surface area contributed by atoms with Gasteiger partial charge in [-0.25, -0.2) is 4.98 Å². The predicted molar refractivity (Wildman–Crippen MR) is 87.5 cm³/mol. The van der Waals surface area contributed by atoms with Crippen LogP contribution >= 0.6 is 0 Å². The largest absolute Gasteiger partial charge is 0.395 e. The lowest BCUT2D eigenvalue weighted by Crippen LogP contribution is -2.52. The number of H-pyrrole nitrogens is 1. The molecule has 10 nitrogen and oxygen atoms in total. The molecule has 1 aromatic heterocycles. The fraction of sp³-hybridized carbons (Fsp3) is 0.385. The van der Waals surface area contributed by atoms with Gasteiger partial charge >= 0.3 is 0 Å². The van der Waals surface area contributed by atoms with Crippen LogP contribution in [0.5, 0.6) is 0 Å². The lowest BCUT2D eigenvalue weighted by atomic mass is 10.3. The Morgan fingerprint density at radius 1 is 1.38 bits per heavy atom. The molecule has 0 radical (unpaired) electrons. The second kappa shape index (κ2) is 6.55. The molecule has 2 N–H and O–H groups in total. The normalized spacial score (nSPS) is 15.9. The first-order valence-electron chi connectivity index (χ1n) is 7.20. The van der Waals surface area contributed by atoms with E-state index in [4.69, 9.17) is 5.11 Å². The zero-order chi connectivity index (χ0) is 17.3. The van der Waals surface area contributed by atoms with Crippen molar-refractivity contribution in [2.45, 2.75) is 0 Å². The van der Waals surface area contributed by atoms with Crippen LogP contribution in [0.25, 0.3) is 11.0 Å². The monoisotopic (exact) mass is 353 g/mol. The molecule has 0 atom stereocenters. The zero-order valence-electron chi connectivity index (χ0n) is 12.5. The molecule has 0 saturated carbocycles. The average Bonchev–Trinajstić information content (AvgIpc) is 2.98. The number of rotatable bonds is 4. The molecule has 24 heavy (non-hydrogen) atoms. The molecule has 0 bridgehead atoms. The Balaban J connectivity index is 2.02. The van der Waals surface area contributed by atoms with Crippen molar-refractivity contribution in [1.29, 1.82) is 0 Å². The first kappa shape index (κ1) is 16.4. The van der Waals surface area contributed by atoms with Gasteiger partial charge < -0.3 is 15.0 Å². The number of aliphatic hydroxyl groups is 1. The number of aliphatic hydroxyl groups excluding tert-OH is 1. The SMILES string of the molecule is O=[N+]([O-])c1cccc2[nH]c(N3CCN(CCO)CC3=S(=O)=O)nc12. The van der Waals surface area contributed by atoms with Crippen LogP contribution in [0.1, 0.15) is 0 Å². The zero-order valence-corrected chi connectivity index (χ0v) is 13.4. The minimum Gasteiger partial charge on any atom is -0.395 e. The number of nitro benzene ring substituents is 1. The van der Waals surface area contributed by atoms with E-state index in [2.05, 4.69) is 9.97 Å². The molecule has 0 aliphatic carbocycles. The molecule has 2 heterocycles. The van der Waals surface area contributed by atoms with E-state index in [9.17, 15) is 18.5 Å². The van der Waals surface area contributed by atoms with Gasteiger partial charge in [0.15, 0.2) is 10.5 Å². The molecule has 0 spiro atoms. The average molecular weight is 353 g/mol.